The van der Waals surface area contributed by atoms with Crippen molar-refractivity contribution in [2.75, 3.05) is 0 Å². The SMILES string of the molecule is CC1=CC(C)CC(C(O)c2ccc(C(C)(C)C)cc2)C1. The van der Waals surface area contributed by atoms with Gasteiger partial charge in [-0.2, -0.15) is 0 Å². The lowest BCUT2D eigenvalue weighted by molar-refractivity contribution is 0.0932. The summed E-state index contributed by atoms with van der Waals surface area (Å²) in [6, 6.07) is 8.52. The van der Waals surface area contributed by atoms with E-state index in [4.69, 9.17) is 0 Å². The van der Waals surface area contributed by atoms with Gasteiger partial charge in [0.1, 0.15) is 0 Å². The van der Waals surface area contributed by atoms with E-state index in [0.717, 1.165) is 18.4 Å². The largest absolute Gasteiger partial charge is 0.388 e. The fraction of sp³-hybridized carbons (Fsp3) is 0.579. The summed E-state index contributed by atoms with van der Waals surface area (Å²) in [5.74, 6) is 0.938. The van der Waals surface area contributed by atoms with Crippen molar-refractivity contribution in [3.8, 4) is 0 Å². The Morgan fingerprint density at radius 3 is 2.25 bits per heavy atom. The summed E-state index contributed by atoms with van der Waals surface area (Å²) in [6.45, 7) is 11.1. The second-order valence-corrected chi connectivity index (χ2v) is 7.51. The minimum Gasteiger partial charge on any atom is -0.388 e. The summed E-state index contributed by atoms with van der Waals surface area (Å²) < 4.78 is 0. The molecule has 0 radical (unpaired) electrons. The third-order valence-corrected chi connectivity index (χ3v) is 4.39. The predicted molar refractivity (Wildman–Crippen MR) is 85.7 cm³/mol. The summed E-state index contributed by atoms with van der Waals surface area (Å²) in [7, 11) is 0. The van der Waals surface area contributed by atoms with Gasteiger partial charge in [-0.25, -0.2) is 0 Å². The maximum Gasteiger partial charge on any atom is 0.0821 e. The lowest BCUT2D eigenvalue weighted by Crippen LogP contribution is -2.19. The van der Waals surface area contributed by atoms with Crippen molar-refractivity contribution in [2.24, 2.45) is 11.8 Å². The molecule has 1 N–H and O–H groups in total. The van der Waals surface area contributed by atoms with Crippen molar-refractivity contribution in [3.63, 3.8) is 0 Å². The molecule has 0 saturated heterocycles. The lowest BCUT2D eigenvalue weighted by atomic mass is 9.78. The maximum absolute atomic E-state index is 10.6. The summed E-state index contributed by atoms with van der Waals surface area (Å²) in [5, 5.41) is 10.6. The number of benzene rings is 1. The molecule has 1 aliphatic carbocycles. The zero-order valence-corrected chi connectivity index (χ0v) is 13.5. The Kier molecular flexibility index (Phi) is 4.39. The van der Waals surface area contributed by atoms with Gasteiger partial charge in [-0.3, -0.25) is 0 Å². The van der Waals surface area contributed by atoms with Gasteiger partial charge >= 0.3 is 0 Å². The first-order chi connectivity index (χ1) is 9.27. The van der Waals surface area contributed by atoms with Crippen molar-refractivity contribution < 1.29 is 5.11 Å². The molecule has 3 unspecified atom stereocenters. The van der Waals surface area contributed by atoms with Crippen LogP contribution in [0, 0.1) is 11.8 Å². The monoisotopic (exact) mass is 272 g/mol. The number of aliphatic hydroxyl groups excluding tert-OH is 1. The van der Waals surface area contributed by atoms with E-state index in [2.05, 4.69) is 65.0 Å². The van der Waals surface area contributed by atoms with E-state index < -0.39 is 0 Å². The van der Waals surface area contributed by atoms with E-state index in [9.17, 15) is 5.11 Å². The normalized spacial score (nSPS) is 25.2. The van der Waals surface area contributed by atoms with Crippen LogP contribution in [0.25, 0.3) is 0 Å². The van der Waals surface area contributed by atoms with Crippen LogP contribution in [0.15, 0.2) is 35.9 Å². The van der Waals surface area contributed by atoms with Gasteiger partial charge in [0.2, 0.25) is 0 Å². The molecule has 0 saturated carbocycles. The maximum atomic E-state index is 10.6. The molecule has 1 heteroatoms. The Bertz CT molecular complexity index is 475. The van der Waals surface area contributed by atoms with Crippen LogP contribution in [0.1, 0.15) is 64.7 Å². The number of allylic oxidation sites excluding steroid dienone is 2. The lowest BCUT2D eigenvalue weighted by Gasteiger charge is -2.30. The van der Waals surface area contributed by atoms with Gasteiger partial charge in [0.05, 0.1) is 6.10 Å². The molecule has 20 heavy (non-hydrogen) atoms. The number of hydrogen-bond acceptors (Lipinski definition) is 1. The fourth-order valence-corrected chi connectivity index (χ4v) is 3.29. The van der Waals surface area contributed by atoms with Crippen LogP contribution in [0.3, 0.4) is 0 Å². The Morgan fingerprint density at radius 2 is 1.75 bits per heavy atom. The van der Waals surface area contributed by atoms with Crippen LogP contribution in [0.2, 0.25) is 0 Å². The summed E-state index contributed by atoms with van der Waals surface area (Å²) in [5.41, 5.74) is 3.97. The molecule has 0 heterocycles. The first-order valence-corrected chi connectivity index (χ1v) is 7.73. The van der Waals surface area contributed by atoms with Crippen molar-refractivity contribution in [3.05, 3.63) is 47.0 Å². The average molecular weight is 272 g/mol. The zero-order valence-electron chi connectivity index (χ0n) is 13.5. The average Bonchev–Trinajstić information content (AvgIpc) is 2.36. The van der Waals surface area contributed by atoms with Crippen LogP contribution in [0.4, 0.5) is 0 Å². The van der Waals surface area contributed by atoms with E-state index in [1.54, 1.807) is 0 Å². The minimum absolute atomic E-state index is 0.169. The fourth-order valence-electron chi connectivity index (χ4n) is 3.29. The molecule has 0 fully saturated rings. The first kappa shape index (κ1) is 15.3. The number of hydrogen-bond donors (Lipinski definition) is 1. The van der Waals surface area contributed by atoms with E-state index >= 15 is 0 Å². The van der Waals surface area contributed by atoms with Gasteiger partial charge in [0, 0.05) is 0 Å². The van der Waals surface area contributed by atoms with Crippen molar-refractivity contribution in [1.82, 2.24) is 0 Å². The Hall–Kier alpha value is -1.08. The minimum atomic E-state index is -0.338. The Labute approximate surface area is 123 Å². The molecular formula is C19H28O. The molecule has 1 aliphatic rings. The molecule has 1 aromatic rings. The number of aliphatic hydroxyl groups is 1. The first-order valence-electron chi connectivity index (χ1n) is 7.73. The van der Waals surface area contributed by atoms with Gasteiger partial charge in [-0.05, 0) is 48.1 Å². The second kappa shape index (κ2) is 5.73. The smallest absolute Gasteiger partial charge is 0.0821 e. The molecule has 110 valence electrons. The van der Waals surface area contributed by atoms with E-state index in [1.807, 2.05) is 0 Å². The van der Waals surface area contributed by atoms with Gasteiger partial charge in [0.25, 0.3) is 0 Å². The second-order valence-electron chi connectivity index (χ2n) is 7.51. The van der Waals surface area contributed by atoms with Crippen LogP contribution in [0.5, 0.6) is 0 Å². The summed E-state index contributed by atoms with van der Waals surface area (Å²) in [4.78, 5) is 0. The molecule has 0 amide bonds. The highest BCUT2D eigenvalue weighted by molar-refractivity contribution is 5.29. The van der Waals surface area contributed by atoms with Gasteiger partial charge in [-0.15, -0.1) is 0 Å². The third kappa shape index (κ3) is 3.52. The van der Waals surface area contributed by atoms with Crippen molar-refractivity contribution in [2.45, 2.75) is 59.0 Å². The van der Waals surface area contributed by atoms with Crippen LogP contribution in [-0.2, 0) is 5.41 Å². The van der Waals surface area contributed by atoms with Gasteiger partial charge in [0.15, 0.2) is 0 Å². The highest BCUT2D eigenvalue weighted by atomic mass is 16.3. The van der Waals surface area contributed by atoms with Crippen LogP contribution < -0.4 is 0 Å². The Balaban J connectivity index is 2.14. The summed E-state index contributed by atoms with van der Waals surface area (Å²) in [6.07, 6.45) is 4.10. The molecule has 3 atom stereocenters. The third-order valence-electron chi connectivity index (χ3n) is 4.39. The van der Waals surface area contributed by atoms with Gasteiger partial charge < -0.3 is 5.11 Å². The number of rotatable bonds is 2. The molecule has 0 aromatic heterocycles. The topological polar surface area (TPSA) is 20.2 Å². The van der Waals surface area contributed by atoms with E-state index in [1.165, 1.54) is 11.1 Å². The van der Waals surface area contributed by atoms with Gasteiger partial charge in [-0.1, -0.05) is 63.6 Å². The Morgan fingerprint density at radius 1 is 1.15 bits per heavy atom. The standard InChI is InChI=1S/C19H28O/c1-13-10-14(2)12-16(11-13)18(20)15-6-8-17(9-7-15)19(3,4)5/h6-10,13,16,18,20H,11-12H2,1-5H3. The zero-order chi connectivity index (χ0) is 14.9. The summed E-state index contributed by atoms with van der Waals surface area (Å²) >= 11 is 0. The van der Waals surface area contributed by atoms with Crippen molar-refractivity contribution >= 4 is 0 Å². The molecule has 0 aliphatic heterocycles. The van der Waals surface area contributed by atoms with Crippen LogP contribution >= 0.6 is 0 Å². The molecular weight excluding hydrogens is 244 g/mol. The molecule has 0 bridgehead atoms. The molecule has 1 aromatic carbocycles. The molecule has 2 rings (SSSR count). The van der Waals surface area contributed by atoms with Crippen molar-refractivity contribution in [1.29, 1.82) is 0 Å². The molecule has 0 spiro atoms. The molecule has 1 nitrogen and oxygen atoms in total. The van der Waals surface area contributed by atoms with Crippen LogP contribution in [-0.4, -0.2) is 5.11 Å². The van der Waals surface area contributed by atoms with E-state index in [-0.39, 0.29) is 11.5 Å². The predicted octanol–water partition coefficient (Wildman–Crippen LogP) is 5.01. The van der Waals surface area contributed by atoms with E-state index in [0.29, 0.717) is 11.8 Å². The highest BCUT2D eigenvalue weighted by Crippen LogP contribution is 2.37. The highest BCUT2D eigenvalue weighted by Gasteiger charge is 2.26. The quantitative estimate of drug-likeness (QED) is 0.750.